The second-order valence-electron chi connectivity index (χ2n) is 5.35. The standard InChI is InChI=1S/C15H25N3O3S/c1-5-11(2)18-22(20,21)14-8-6-13(7-9-14)15(19)17-10-12(3)16-4/h6-9,11-12,16,18H,5,10H2,1-4H3,(H,17,19). The van der Waals surface area contributed by atoms with Crippen LogP contribution in [0, 0.1) is 0 Å². The van der Waals surface area contributed by atoms with E-state index in [1.54, 1.807) is 0 Å². The molecule has 7 heteroatoms. The maximum Gasteiger partial charge on any atom is 0.251 e. The molecule has 0 radical (unpaired) electrons. The van der Waals surface area contributed by atoms with E-state index in [-0.39, 0.29) is 22.9 Å². The predicted molar refractivity (Wildman–Crippen MR) is 87.4 cm³/mol. The van der Waals surface area contributed by atoms with E-state index in [0.717, 1.165) is 0 Å². The molecule has 1 aromatic rings. The molecule has 0 heterocycles. The molecule has 1 rings (SSSR count). The summed E-state index contributed by atoms with van der Waals surface area (Å²) in [5.41, 5.74) is 0.436. The summed E-state index contributed by atoms with van der Waals surface area (Å²) in [5.74, 6) is -0.221. The number of hydrogen-bond acceptors (Lipinski definition) is 4. The summed E-state index contributed by atoms with van der Waals surface area (Å²) in [4.78, 5) is 12.1. The van der Waals surface area contributed by atoms with E-state index >= 15 is 0 Å². The Morgan fingerprint density at radius 3 is 2.23 bits per heavy atom. The van der Waals surface area contributed by atoms with E-state index in [9.17, 15) is 13.2 Å². The van der Waals surface area contributed by atoms with Crippen LogP contribution in [-0.4, -0.2) is 40.0 Å². The van der Waals surface area contributed by atoms with Gasteiger partial charge in [0.25, 0.3) is 5.91 Å². The first-order valence-electron chi connectivity index (χ1n) is 7.38. The van der Waals surface area contributed by atoms with E-state index in [4.69, 9.17) is 0 Å². The number of benzene rings is 1. The van der Waals surface area contributed by atoms with Gasteiger partial charge in [0.05, 0.1) is 4.90 Å². The summed E-state index contributed by atoms with van der Waals surface area (Å²) in [6.45, 7) is 6.18. The van der Waals surface area contributed by atoms with Gasteiger partial charge in [-0.25, -0.2) is 13.1 Å². The molecular weight excluding hydrogens is 302 g/mol. The molecule has 124 valence electrons. The minimum Gasteiger partial charge on any atom is -0.350 e. The number of carbonyl (C=O) groups is 1. The number of nitrogens with one attached hydrogen (secondary N) is 3. The Morgan fingerprint density at radius 2 is 1.73 bits per heavy atom. The first-order valence-corrected chi connectivity index (χ1v) is 8.86. The van der Waals surface area contributed by atoms with Gasteiger partial charge >= 0.3 is 0 Å². The molecule has 0 aliphatic rings. The lowest BCUT2D eigenvalue weighted by Crippen LogP contribution is -2.37. The van der Waals surface area contributed by atoms with E-state index in [1.807, 2.05) is 27.8 Å². The van der Waals surface area contributed by atoms with Crippen molar-refractivity contribution in [3.8, 4) is 0 Å². The summed E-state index contributed by atoms with van der Waals surface area (Å²) in [6, 6.07) is 5.97. The Balaban J connectivity index is 2.76. The van der Waals surface area contributed by atoms with E-state index in [1.165, 1.54) is 24.3 Å². The third-order valence-electron chi connectivity index (χ3n) is 3.46. The second kappa shape index (κ2) is 8.26. The second-order valence-corrected chi connectivity index (χ2v) is 7.07. The van der Waals surface area contributed by atoms with Gasteiger partial charge in [0.15, 0.2) is 0 Å². The average Bonchev–Trinajstić information content (AvgIpc) is 2.51. The lowest BCUT2D eigenvalue weighted by Gasteiger charge is -2.13. The number of sulfonamides is 1. The van der Waals surface area contributed by atoms with Crippen molar-refractivity contribution in [3.05, 3.63) is 29.8 Å². The van der Waals surface area contributed by atoms with Crippen LogP contribution in [0.2, 0.25) is 0 Å². The molecule has 0 aliphatic carbocycles. The summed E-state index contributed by atoms with van der Waals surface area (Å²) < 4.78 is 26.8. The van der Waals surface area contributed by atoms with Crippen LogP contribution in [0.15, 0.2) is 29.2 Å². The molecule has 0 saturated heterocycles. The number of rotatable bonds is 8. The molecule has 2 unspecified atom stereocenters. The van der Waals surface area contributed by atoms with Gasteiger partial charge in [-0.15, -0.1) is 0 Å². The molecule has 0 aromatic heterocycles. The molecule has 22 heavy (non-hydrogen) atoms. The van der Waals surface area contributed by atoms with Crippen LogP contribution in [-0.2, 0) is 10.0 Å². The van der Waals surface area contributed by atoms with Gasteiger partial charge in [-0.1, -0.05) is 6.92 Å². The maximum atomic E-state index is 12.1. The van der Waals surface area contributed by atoms with Gasteiger partial charge in [0.1, 0.15) is 0 Å². The Labute approximate surface area is 132 Å². The zero-order chi connectivity index (χ0) is 16.8. The number of hydrogen-bond donors (Lipinski definition) is 3. The normalized spacial score (nSPS) is 14.4. The fourth-order valence-corrected chi connectivity index (χ4v) is 2.98. The smallest absolute Gasteiger partial charge is 0.251 e. The van der Waals surface area contributed by atoms with Crippen LogP contribution in [0.25, 0.3) is 0 Å². The first-order chi connectivity index (χ1) is 10.3. The van der Waals surface area contributed by atoms with Gasteiger partial charge in [0, 0.05) is 24.2 Å². The fourth-order valence-electron chi connectivity index (χ4n) is 1.65. The maximum absolute atomic E-state index is 12.1. The van der Waals surface area contributed by atoms with E-state index in [2.05, 4.69) is 15.4 Å². The molecule has 3 N–H and O–H groups in total. The molecule has 1 amide bonds. The average molecular weight is 327 g/mol. The Hall–Kier alpha value is -1.44. The third-order valence-corrected chi connectivity index (χ3v) is 5.06. The van der Waals surface area contributed by atoms with Gasteiger partial charge in [-0.3, -0.25) is 4.79 Å². The van der Waals surface area contributed by atoms with Crippen LogP contribution in [0.1, 0.15) is 37.6 Å². The van der Waals surface area contributed by atoms with Crippen molar-refractivity contribution in [2.75, 3.05) is 13.6 Å². The largest absolute Gasteiger partial charge is 0.350 e. The lowest BCUT2D eigenvalue weighted by molar-refractivity contribution is 0.0950. The molecule has 0 aliphatic heterocycles. The quantitative estimate of drug-likeness (QED) is 0.667. The molecule has 0 spiro atoms. The van der Waals surface area contributed by atoms with Gasteiger partial charge in [0.2, 0.25) is 10.0 Å². The highest BCUT2D eigenvalue weighted by atomic mass is 32.2. The Morgan fingerprint density at radius 1 is 1.14 bits per heavy atom. The van der Waals surface area contributed by atoms with Crippen LogP contribution in [0.5, 0.6) is 0 Å². The molecule has 0 fully saturated rings. The molecule has 0 saturated carbocycles. The summed E-state index contributed by atoms with van der Waals surface area (Å²) in [5, 5.41) is 5.80. The monoisotopic (exact) mass is 327 g/mol. The minimum absolute atomic E-state index is 0.129. The van der Waals surface area contributed by atoms with E-state index < -0.39 is 10.0 Å². The Kier molecular flexibility index (Phi) is 6.99. The molecular formula is C15H25N3O3S. The first kappa shape index (κ1) is 18.6. The highest BCUT2D eigenvalue weighted by molar-refractivity contribution is 7.89. The highest BCUT2D eigenvalue weighted by Gasteiger charge is 2.17. The molecule has 6 nitrogen and oxygen atoms in total. The van der Waals surface area contributed by atoms with Crippen molar-refractivity contribution >= 4 is 15.9 Å². The van der Waals surface area contributed by atoms with Crippen molar-refractivity contribution in [2.45, 2.75) is 44.2 Å². The lowest BCUT2D eigenvalue weighted by atomic mass is 10.2. The molecule has 2 atom stereocenters. The summed E-state index contributed by atoms with van der Waals surface area (Å²) in [7, 11) is -1.72. The summed E-state index contributed by atoms with van der Waals surface area (Å²) in [6.07, 6.45) is 0.712. The molecule has 1 aromatic carbocycles. The van der Waals surface area contributed by atoms with Gasteiger partial charge in [-0.05, 0) is 51.6 Å². The van der Waals surface area contributed by atoms with E-state index in [0.29, 0.717) is 18.5 Å². The van der Waals surface area contributed by atoms with Crippen molar-refractivity contribution < 1.29 is 13.2 Å². The topological polar surface area (TPSA) is 87.3 Å². The van der Waals surface area contributed by atoms with Crippen molar-refractivity contribution in [2.24, 2.45) is 0 Å². The van der Waals surface area contributed by atoms with Crippen molar-refractivity contribution in [1.82, 2.24) is 15.4 Å². The summed E-state index contributed by atoms with van der Waals surface area (Å²) >= 11 is 0. The fraction of sp³-hybridized carbons (Fsp3) is 0.533. The van der Waals surface area contributed by atoms with Crippen LogP contribution in [0.3, 0.4) is 0 Å². The van der Waals surface area contributed by atoms with Gasteiger partial charge in [-0.2, -0.15) is 0 Å². The number of carbonyl (C=O) groups excluding carboxylic acids is 1. The molecule has 0 bridgehead atoms. The number of amides is 1. The zero-order valence-electron chi connectivity index (χ0n) is 13.5. The highest BCUT2D eigenvalue weighted by Crippen LogP contribution is 2.11. The van der Waals surface area contributed by atoms with Crippen LogP contribution < -0.4 is 15.4 Å². The minimum atomic E-state index is -3.54. The Bertz CT molecular complexity index is 585. The van der Waals surface area contributed by atoms with Crippen LogP contribution in [0.4, 0.5) is 0 Å². The third kappa shape index (κ3) is 5.40. The van der Waals surface area contributed by atoms with Crippen molar-refractivity contribution in [3.63, 3.8) is 0 Å². The van der Waals surface area contributed by atoms with Gasteiger partial charge < -0.3 is 10.6 Å². The number of likely N-dealkylation sites (N-methyl/N-ethyl adjacent to an activating group) is 1. The van der Waals surface area contributed by atoms with Crippen LogP contribution >= 0.6 is 0 Å². The SMILES string of the molecule is CCC(C)NS(=O)(=O)c1ccc(C(=O)NCC(C)NC)cc1. The zero-order valence-corrected chi connectivity index (χ0v) is 14.3. The van der Waals surface area contributed by atoms with Crippen molar-refractivity contribution in [1.29, 1.82) is 0 Å². The predicted octanol–water partition coefficient (Wildman–Crippen LogP) is 1.10.